The molecule has 1 saturated carbocycles. The number of ether oxygens (including phenoxy) is 1. The number of piperidine rings is 1. The van der Waals surface area contributed by atoms with Crippen LogP contribution in [0.2, 0.25) is 0 Å². The van der Waals surface area contributed by atoms with Crippen molar-refractivity contribution in [1.29, 1.82) is 0 Å². The largest absolute Gasteiger partial charge is 0.377 e. The van der Waals surface area contributed by atoms with Crippen LogP contribution in [0.1, 0.15) is 52.4 Å². The van der Waals surface area contributed by atoms with Crippen LogP contribution in [0.3, 0.4) is 0 Å². The van der Waals surface area contributed by atoms with Crippen molar-refractivity contribution < 1.29 is 9.13 Å². The van der Waals surface area contributed by atoms with E-state index in [1.807, 2.05) is 0 Å². The maximum atomic E-state index is 14.3. The van der Waals surface area contributed by atoms with E-state index >= 15 is 0 Å². The Morgan fingerprint density at radius 1 is 1.00 bits per heavy atom. The molecule has 29 heavy (non-hydrogen) atoms. The molecule has 5 rings (SSSR count). The second kappa shape index (κ2) is 8.67. The van der Waals surface area contributed by atoms with Crippen LogP contribution >= 0.6 is 0 Å². The highest BCUT2D eigenvalue weighted by atomic mass is 19.1. The molecule has 5 fully saturated rings. The molecule has 0 aromatic carbocycles. The average molecular weight is 410 g/mol. The van der Waals surface area contributed by atoms with E-state index in [9.17, 15) is 4.39 Å². The van der Waals surface area contributed by atoms with Crippen molar-refractivity contribution in [2.45, 2.75) is 88.8 Å². The summed E-state index contributed by atoms with van der Waals surface area (Å²) in [6, 6.07) is 2.03. The van der Waals surface area contributed by atoms with Gasteiger partial charge >= 0.3 is 0 Å². The molecule has 9 atom stereocenters. The summed E-state index contributed by atoms with van der Waals surface area (Å²) in [5, 5.41) is 8.71. The van der Waals surface area contributed by atoms with E-state index in [4.69, 9.17) is 4.74 Å². The molecule has 2 bridgehead atoms. The molecule has 0 radical (unpaired) electrons. The van der Waals surface area contributed by atoms with E-state index in [1.54, 1.807) is 0 Å². The zero-order valence-corrected chi connectivity index (χ0v) is 18.2. The number of hydrazine groups is 2. The molecule has 1 aliphatic carbocycles. The number of rotatable bonds is 1. The van der Waals surface area contributed by atoms with E-state index < -0.39 is 6.17 Å². The molecule has 4 heterocycles. The fourth-order valence-corrected chi connectivity index (χ4v) is 7.08. The van der Waals surface area contributed by atoms with Gasteiger partial charge < -0.3 is 10.1 Å². The first-order chi connectivity index (χ1) is 14.1. The summed E-state index contributed by atoms with van der Waals surface area (Å²) in [7, 11) is 0. The summed E-state index contributed by atoms with van der Waals surface area (Å²) in [5.41, 5.74) is 7.49. The van der Waals surface area contributed by atoms with Gasteiger partial charge in [-0.2, -0.15) is 0 Å². The van der Waals surface area contributed by atoms with Crippen molar-refractivity contribution in [3.63, 3.8) is 0 Å². The first-order valence-electron chi connectivity index (χ1n) is 12.1. The molecule has 0 aromatic rings. The second-order valence-corrected chi connectivity index (χ2v) is 10.3. The quantitative estimate of drug-likeness (QED) is 0.613. The van der Waals surface area contributed by atoms with Gasteiger partial charge in [-0.3, -0.25) is 10.9 Å². The lowest BCUT2D eigenvalue weighted by Gasteiger charge is -2.45. The van der Waals surface area contributed by atoms with Gasteiger partial charge in [0.25, 0.3) is 0 Å². The number of halogens is 1. The first kappa shape index (κ1) is 20.6. The third-order valence-corrected chi connectivity index (χ3v) is 8.31. The van der Waals surface area contributed by atoms with Crippen LogP contribution in [0, 0.1) is 17.8 Å². The molecule has 7 heteroatoms. The lowest BCUT2D eigenvalue weighted by molar-refractivity contribution is -0.0636. The number of alkyl halides is 1. The van der Waals surface area contributed by atoms with Gasteiger partial charge in [0, 0.05) is 49.7 Å². The third-order valence-electron chi connectivity index (χ3n) is 8.31. The Morgan fingerprint density at radius 3 is 2.72 bits per heavy atom. The molecular weight excluding hydrogens is 369 g/mol. The standard InChI is InChI=1S/C22H40FN5O/c1-3-27-22-15(11-25-27)8-19-6-14(2)26-28(19)21-5-4-18(23)7-17(21)13-29-20-9-16(22)10-24-12-20/h14-22,24-26H,3-13H2,1-2H3. The molecule has 5 aliphatic rings. The van der Waals surface area contributed by atoms with Crippen LogP contribution in [0.25, 0.3) is 0 Å². The van der Waals surface area contributed by atoms with Gasteiger partial charge in [-0.25, -0.2) is 14.4 Å². The summed E-state index contributed by atoms with van der Waals surface area (Å²) in [4.78, 5) is 0. The summed E-state index contributed by atoms with van der Waals surface area (Å²) in [5.74, 6) is 1.57. The summed E-state index contributed by atoms with van der Waals surface area (Å²) < 4.78 is 20.8. The van der Waals surface area contributed by atoms with Gasteiger partial charge in [-0.1, -0.05) is 6.92 Å². The zero-order valence-electron chi connectivity index (χ0n) is 18.2. The highest BCUT2D eigenvalue weighted by molar-refractivity contribution is 4.99. The lowest BCUT2D eigenvalue weighted by Crippen LogP contribution is -2.56. The number of fused-ring (bicyclic) bond motifs is 7. The Hall–Kier alpha value is -0.310. The number of hydrogen-bond donors (Lipinski definition) is 3. The number of nitrogens with one attached hydrogen (secondary N) is 3. The molecule has 6 nitrogen and oxygen atoms in total. The van der Waals surface area contributed by atoms with Crippen molar-refractivity contribution in [1.82, 2.24) is 26.2 Å². The van der Waals surface area contributed by atoms with E-state index in [0.717, 1.165) is 39.0 Å². The molecule has 0 amide bonds. The summed E-state index contributed by atoms with van der Waals surface area (Å²) >= 11 is 0. The first-order valence-corrected chi connectivity index (χ1v) is 12.1. The summed E-state index contributed by atoms with van der Waals surface area (Å²) in [6.45, 7) is 9.42. The van der Waals surface area contributed by atoms with E-state index in [1.165, 1.54) is 12.8 Å². The van der Waals surface area contributed by atoms with Crippen LogP contribution in [-0.2, 0) is 4.74 Å². The van der Waals surface area contributed by atoms with Gasteiger partial charge in [0.15, 0.2) is 0 Å². The fourth-order valence-electron chi connectivity index (χ4n) is 7.08. The van der Waals surface area contributed by atoms with Crippen molar-refractivity contribution in [3.05, 3.63) is 0 Å². The topological polar surface area (TPSA) is 51.8 Å². The molecule has 0 spiro atoms. The minimum Gasteiger partial charge on any atom is -0.377 e. The van der Waals surface area contributed by atoms with Crippen molar-refractivity contribution in [2.75, 3.05) is 32.8 Å². The van der Waals surface area contributed by atoms with Gasteiger partial charge in [0.1, 0.15) is 6.17 Å². The zero-order chi connectivity index (χ0) is 20.0. The van der Waals surface area contributed by atoms with Gasteiger partial charge in [-0.05, 0) is 63.8 Å². The van der Waals surface area contributed by atoms with Crippen LogP contribution in [-0.4, -0.2) is 79.2 Å². The van der Waals surface area contributed by atoms with Crippen LogP contribution in [0.4, 0.5) is 4.39 Å². The predicted molar refractivity (Wildman–Crippen MR) is 112 cm³/mol. The minimum absolute atomic E-state index is 0.259. The fraction of sp³-hybridized carbons (Fsp3) is 1.00. The van der Waals surface area contributed by atoms with Crippen LogP contribution in [0.15, 0.2) is 0 Å². The molecule has 4 saturated heterocycles. The number of nitrogens with zero attached hydrogens (tertiary/aromatic N) is 2. The summed E-state index contributed by atoms with van der Waals surface area (Å²) in [6.07, 6.45) is 5.46. The Bertz CT molecular complexity index is 567. The van der Waals surface area contributed by atoms with Gasteiger partial charge in [0.2, 0.25) is 0 Å². The molecular formula is C22H40FN5O. The Labute approximate surface area is 175 Å². The SMILES string of the molecule is CCN1NCC2CC3CC(C)NN3C3CCC(F)CC3COC3CNCC(C3)C21. The van der Waals surface area contributed by atoms with E-state index in [0.29, 0.717) is 61.4 Å². The molecule has 9 unspecified atom stereocenters. The minimum atomic E-state index is -0.662. The smallest absolute Gasteiger partial charge is 0.101 e. The lowest BCUT2D eigenvalue weighted by atomic mass is 9.78. The maximum Gasteiger partial charge on any atom is 0.101 e. The van der Waals surface area contributed by atoms with E-state index in [2.05, 4.69) is 40.0 Å². The Kier molecular flexibility index (Phi) is 6.16. The molecule has 3 N–H and O–H groups in total. The van der Waals surface area contributed by atoms with E-state index in [-0.39, 0.29) is 6.10 Å². The van der Waals surface area contributed by atoms with Crippen molar-refractivity contribution in [2.24, 2.45) is 17.8 Å². The van der Waals surface area contributed by atoms with Crippen LogP contribution in [0.5, 0.6) is 0 Å². The monoisotopic (exact) mass is 409 g/mol. The average Bonchev–Trinajstić information content (AvgIpc) is 3.29. The predicted octanol–water partition coefficient (Wildman–Crippen LogP) is 1.68. The molecule has 166 valence electrons. The Balaban J connectivity index is 1.43. The van der Waals surface area contributed by atoms with Gasteiger partial charge in [0.05, 0.1) is 12.7 Å². The maximum absolute atomic E-state index is 14.3. The van der Waals surface area contributed by atoms with Crippen molar-refractivity contribution in [3.8, 4) is 0 Å². The van der Waals surface area contributed by atoms with Gasteiger partial charge in [-0.15, -0.1) is 0 Å². The second-order valence-electron chi connectivity index (χ2n) is 10.3. The van der Waals surface area contributed by atoms with Crippen molar-refractivity contribution >= 4 is 0 Å². The Morgan fingerprint density at radius 2 is 1.86 bits per heavy atom. The highest BCUT2D eigenvalue weighted by Crippen LogP contribution is 2.39. The highest BCUT2D eigenvalue weighted by Gasteiger charge is 2.47. The molecule has 4 aliphatic heterocycles. The van der Waals surface area contributed by atoms with Crippen LogP contribution < -0.4 is 16.2 Å². The third kappa shape index (κ3) is 4.11. The molecule has 0 aromatic heterocycles. The normalized spacial score (nSPS) is 49.6. The number of hydrogen-bond acceptors (Lipinski definition) is 6.